The standard InChI is InChI=1S/C29H31N7O.ClH/c1-19(16-30)17-34-25-9-3-7-23-22(25)11-10-20(2)27(23)37-28-24(8-5-14-32-28)26-12-15-33-29(36-26)35-21-6-4-13-31-18-21;/h3,5,7-12,14-15,19,21,31,34H,4,6,13,17-18H2,1-2H3,(H,33,35,36);1H/t19?,21-;/m0./s1. The van der Waals surface area contributed by atoms with E-state index >= 15 is 0 Å². The zero-order chi connectivity index (χ0) is 25.6. The summed E-state index contributed by atoms with van der Waals surface area (Å²) in [6, 6.07) is 18.5. The molecular formula is C29H32ClN7O. The Bertz CT molecular complexity index is 1430. The van der Waals surface area contributed by atoms with Gasteiger partial charge in [-0.3, -0.25) is 0 Å². The maximum Gasteiger partial charge on any atom is 0.228 e. The number of aryl methyl sites for hydroxylation is 1. The van der Waals surface area contributed by atoms with Crippen molar-refractivity contribution in [3.05, 3.63) is 66.5 Å². The summed E-state index contributed by atoms with van der Waals surface area (Å²) < 4.78 is 6.52. The van der Waals surface area contributed by atoms with E-state index in [2.05, 4.69) is 38.1 Å². The van der Waals surface area contributed by atoms with E-state index in [1.807, 2.05) is 56.3 Å². The van der Waals surface area contributed by atoms with E-state index in [4.69, 9.17) is 15.0 Å². The van der Waals surface area contributed by atoms with Crippen LogP contribution in [0.1, 0.15) is 25.3 Å². The third kappa shape index (κ3) is 6.13. The van der Waals surface area contributed by atoms with E-state index in [9.17, 15) is 0 Å². The second-order valence-corrected chi connectivity index (χ2v) is 9.43. The Morgan fingerprint density at radius 2 is 2.00 bits per heavy atom. The molecule has 0 radical (unpaired) electrons. The molecule has 9 heteroatoms. The first-order valence-corrected chi connectivity index (χ1v) is 12.7. The van der Waals surface area contributed by atoms with Crippen molar-refractivity contribution in [1.29, 1.82) is 5.26 Å². The Kier molecular flexibility index (Phi) is 8.95. The van der Waals surface area contributed by atoms with Crippen LogP contribution in [0.2, 0.25) is 0 Å². The third-order valence-corrected chi connectivity index (χ3v) is 6.56. The van der Waals surface area contributed by atoms with E-state index in [-0.39, 0.29) is 18.3 Å². The molecule has 0 aliphatic carbocycles. The zero-order valence-electron chi connectivity index (χ0n) is 21.6. The second kappa shape index (κ2) is 12.5. The Morgan fingerprint density at radius 3 is 2.82 bits per heavy atom. The lowest BCUT2D eigenvalue weighted by atomic mass is 10.0. The number of nitrogens with one attached hydrogen (secondary N) is 3. The molecule has 1 fully saturated rings. The van der Waals surface area contributed by atoms with Crippen molar-refractivity contribution < 1.29 is 4.74 Å². The van der Waals surface area contributed by atoms with Crippen LogP contribution in [-0.2, 0) is 0 Å². The van der Waals surface area contributed by atoms with E-state index < -0.39 is 0 Å². The number of pyridine rings is 1. The topological polar surface area (TPSA) is 108 Å². The van der Waals surface area contributed by atoms with Gasteiger partial charge in [0.1, 0.15) is 5.75 Å². The van der Waals surface area contributed by atoms with Crippen molar-refractivity contribution in [2.45, 2.75) is 32.7 Å². The molecule has 0 bridgehead atoms. The van der Waals surface area contributed by atoms with E-state index in [1.165, 1.54) is 0 Å². The van der Waals surface area contributed by atoms with Crippen LogP contribution in [0.25, 0.3) is 22.0 Å². The molecule has 3 N–H and O–H groups in total. The number of piperidine rings is 1. The van der Waals surface area contributed by atoms with Crippen LogP contribution in [-0.4, -0.2) is 40.6 Å². The summed E-state index contributed by atoms with van der Waals surface area (Å²) in [4.78, 5) is 13.8. The first kappa shape index (κ1) is 27.1. The number of anilines is 2. The number of rotatable bonds is 8. The average molecular weight is 530 g/mol. The lowest BCUT2D eigenvalue weighted by Crippen LogP contribution is -2.38. The number of halogens is 1. The Balaban J connectivity index is 0.00000336. The SMILES string of the molecule is Cc1ccc2c(NCC(C)C#N)cccc2c1Oc1ncccc1-c1ccnc(N[C@H]2CCCNC2)n1.Cl. The van der Waals surface area contributed by atoms with Gasteiger partial charge in [-0.05, 0) is 63.1 Å². The molecule has 8 nitrogen and oxygen atoms in total. The molecule has 0 amide bonds. The zero-order valence-corrected chi connectivity index (χ0v) is 22.4. The quantitative estimate of drug-likeness (QED) is 0.257. The summed E-state index contributed by atoms with van der Waals surface area (Å²) in [5.74, 6) is 1.74. The summed E-state index contributed by atoms with van der Waals surface area (Å²) in [6.07, 6.45) is 5.72. The molecular weight excluding hydrogens is 498 g/mol. The molecule has 4 aromatic rings. The van der Waals surface area contributed by atoms with Gasteiger partial charge in [0.05, 0.1) is 23.2 Å². The van der Waals surface area contributed by atoms with Crippen molar-refractivity contribution in [3.8, 4) is 29.0 Å². The van der Waals surface area contributed by atoms with Crippen molar-refractivity contribution in [2.75, 3.05) is 30.3 Å². The molecule has 196 valence electrons. The first-order chi connectivity index (χ1) is 18.1. The summed E-state index contributed by atoms with van der Waals surface area (Å²) in [5.41, 5.74) is 3.51. The maximum atomic E-state index is 9.16. The van der Waals surface area contributed by atoms with Gasteiger partial charge in [0.25, 0.3) is 0 Å². The van der Waals surface area contributed by atoms with Crippen LogP contribution in [0.5, 0.6) is 11.6 Å². The van der Waals surface area contributed by atoms with Gasteiger partial charge in [-0.15, -0.1) is 12.4 Å². The summed E-state index contributed by atoms with van der Waals surface area (Å²) in [7, 11) is 0. The summed E-state index contributed by atoms with van der Waals surface area (Å²) in [5, 5.41) is 21.4. The summed E-state index contributed by atoms with van der Waals surface area (Å²) in [6.45, 7) is 6.46. The lowest BCUT2D eigenvalue weighted by Gasteiger charge is -2.23. The van der Waals surface area contributed by atoms with Crippen LogP contribution in [0.15, 0.2) is 60.9 Å². The van der Waals surface area contributed by atoms with E-state index in [0.717, 1.165) is 65.0 Å². The molecule has 1 unspecified atom stereocenters. The van der Waals surface area contributed by atoms with Gasteiger partial charge in [-0.2, -0.15) is 5.26 Å². The van der Waals surface area contributed by atoms with E-state index in [1.54, 1.807) is 12.4 Å². The first-order valence-electron chi connectivity index (χ1n) is 12.7. The van der Waals surface area contributed by atoms with Crippen LogP contribution in [0.3, 0.4) is 0 Å². The minimum Gasteiger partial charge on any atom is -0.437 e. The van der Waals surface area contributed by atoms with Crippen molar-refractivity contribution in [1.82, 2.24) is 20.3 Å². The predicted molar refractivity (Wildman–Crippen MR) is 154 cm³/mol. The molecule has 2 aromatic heterocycles. The van der Waals surface area contributed by atoms with Crippen LogP contribution in [0, 0.1) is 24.2 Å². The highest BCUT2D eigenvalue weighted by Gasteiger charge is 2.17. The maximum absolute atomic E-state index is 9.16. The van der Waals surface area contributed by atoms with Crippen LogP contribution in [0.4, 0.5) is 11.6 Å². The fourth-order valence-electron chi connectivity index (χ4n) is 4.54. The molecule has 1 saturated heterocycles. The van der Waals surface area contributed by atoms with Gasteiger partial charge >= 0.3 is 0 Å². The second-order valence-electron chi connectivity index (χ2n) is 9.43. The fraction of sp³-hybridized carbons (Fsp3) is 0.310. The Hall–Kier alpha value is -3.93. The minimum atomic E-state index is -0.0888. The highest BCUT2D eigenvalue weighted by atomic mass is 35.5. The monoisotopic (exact) mass is 529 g/mol. The van der Waals surface area contributed by atoms with Gasteiger partial charge in [0.15, 0.2) is 0 Å². The van der Waals surface area contributed by atoms with E-state index in [0.29, 0.717) is 24.4 Å². The number of fused-ring (bicyclic) bond motifs is 1. The molecule has 5 rings (SSSR count). The molecule has 3 heterocycles. The molecule has 0 spiro atoms. The molecule has 1 aliphatic rings. The van der Waals surface area contributed by atoms with Gasteiger partial charge in [0.2, 0.25) is 11.8 Å². The number of aromatic nitrogens is 3. The molecule has 2 atom stereocenters. The summed E-state index contributed by atoms with van der Waals surface area (Å²) >= 11 is 0. The molecule has 0 saturated carbocycles. The minimum absolute atomic E-state index is 0. The normalized spacial score (nSPS) is 15.7. The Labute approximate surface area is 229 Å². The third-order valence-electron chi connectivity index (χ3n) is 6.56. The number of hydrogen-bond acceptors (Lipinski definition) is 8. The smallest absolute Gasteiger partial charge is 0.228 e. The van der Waals surface area contributed by atoms with Gasteiger partial charge in [0, 0.05) is 48.0 Å². The van der Waals surface area contributed by atoms with Gasteiger partial charge in [-0.1, -0.05) is 24.3 Å². The molecule has 38 heavy (non-hydrogen) atoms. The number of nitrogens with zero attached hydrogens (tertiary/aromatic N) is 4. The highest BCUT2D eigenvalue weighted by molar-refractivity contribution is 5.98. The number of benzene rings is 2. The predicted octanol–water partition coefficient (Wildman–Crippen LogP) is 5.95. The fourth-order valence-corrected chi connectivity index (χ4v) is 4.54. The Morgan fingerprint density at radius 1 is 1.11 bits per heavy atom. The van der Waals surface area contributed by atoms with Crippen LogP contribution < -0.4 is 20.7 Å². The molecule has 2 aromatic carbocycles. The van der Waals surface area contributed by atoms with Gasteiger partial charge in [-0.25, -0.2) is 15.0 Å². The number of ether oxygens (including phenoxy) is 1. The largest absolute Gasteiger partial charge is 0.437 e. The highest BCUT2D eigenvalue weighted by Crippen LogP contribution is 2.38. The lowest BCUT2D eigenvalue weighted by molar-refractivity contribution is 0.466. The molecule has 1 aliphatic heterocycles. The van der Waals surface area contributed by atoms with Crippen molar-refractivity contribution in [2.24, 2.45) is 5.92 Å². The average Bonchev–Trinajstić information content (AvgIpc) is 2.94. The number of nitriles is 1. The van der Waals surface area contributed by atoms with Gasteiger partial charge < -0.3 is 20.7 Å². The van der Waals surface area contributed by atoms with Crippen molar-refractivity contribution >= 4 is 34.8 Å². The van der Waals surface area contributed by atoms with Crippen LogP contribution >= 0.6 is 12.4 Å². The van der Waals surface area contributed by atoms with Crippen molar-refractivity contribution in [3.63, 3.8) is 0 Å². The number of hydrogen-bond donors (Lipinski definition) is 3.